The van der Waals surface area contributed by atoms with E-state index in [0.717, 1.165) is 0 Å². The molecule has 5 nitrogen and oxygen atoms in total. The molecule has 0 heterocycles. The molecule has 0 unspecified atom stereocenters. The zero-order valence-electron chi connectivity index (χ0n) is 10.3. The number of rotatable bonds is 3. The summed E-state index contributed by atoms with van der Waals surface area (Å²) >= 11 is 3.68. The lowest BCUT2D eigenvalue weighted by Crippen LogP contribution is -2.12. The highest BCUT2D eigenvalue weighted by molar-refractivity contribution is 14.1. The number of halogens is 2. The lowest BCUT2D eigenvalue weighted by molar-refractivity contribution is -0.271. The summed E-state index contributed by atoms with van der Waals surface area (Å²) in [5, 5.41) is 20.6. The van der Waals surface area contributed by atoms with E-state index in [1.165, 1.54) is 24.3 Å². The Kier molecular flexibility index (Phi) is 5.04. The molecule has 108 valence electrons. The maximum Gasteiger partial charge on any atom is 0.343 e. The summed E-state index contributed by atoms with van der Waals surface area (Å²) in [4.78, 5) is 23.1. The van der Waals surface area contributed by atoms with Crippen LogP contribution in [0.1, 0.15) is 20.7 Å². The molecule has 0 saturated heterocycles. The first-order valence-corrected chi connectivity index (χ1v) is 7.76. The van der Waals surface area contributed by atoms with Gasteiger partial charge in [-0.2, -0.15) is 0 Å². The van der Waals surface area contributed by atoms with Gasteiger partial charge < -0.3 is 14.9 Å². The molecule has 0 aliphatic carbocycles. The second-order valence-corrected chi connectivity index (χ2v) is 6.28. The van der Waals surface area contributed by atoms with Crippen molar-refractivity contribution in [1.29, 1.82) is 0 Å². The largest absolute Gasteiger partial charge is 0.871 e. The quantitative estimate of drug-likeness (QED) is 0.391. The minimum atomic E-state index is -1.18. The van der Waals surface area contributed by atoms with E-state index >= 15 is 0 Å². The van der Waals surface area contributed by atoms with Crippen molar-refractivity contribution in [2.24, 2.45) is 0 Å². The Bertz CT molecular complexity index is 704. The summed E-state index contributed by atoms with van der Waals surface area (Å²) in [5.41, 5.74) is 0.0966. The van der Waals surface area contributed by atoms with E-state index < -0.39 is 11.9 Å². The van der Waals surface area contributed by atoms with Crippen molar-refractivity contribution in [2.75, 3.05) is 0 Å². The number of carbonyl (C=O) groups is 2. The molecular weight excluding hydrogens is 502 g/mol. The van der Waals surface area contributed by atoms with Crippen LogP contribution in [0.4, 0.5) is 0 Å². The Balaban J connectivity index is 2.33. The molecule has 2 aromatic rings. The highest BCUT2D eigenvalue weighted by Gasteiger charge is 2.16. The Hall–Kier alpha value is -1.36. The molecule has 1 N–H and O–H groups in total. The minimum absolute atomic E-state index is 0.0359. The van der Waals surface area contributed by atoms with Gasteiger partial charge in [-0.15, -0.1) is 0 Å². The van der Waals surface area contributed by atoms with E-state index in [9.17, 15) is 14.7 Å². The standard InChI is InChI=1S/C14H8I2O5/c15-9-5-7(6-10(16)12(9)17)14(20)21-11-4-2-1-3-8(11)13(18)19/h1-6,17H,(H,18,19)/p-1. The van der Waals surface area contributed by atoms with Crippen LogP contribution < -0.4 is 9.84 Å². The molecule has 0 atom stereocenters. The summed E-state index contributed by atoms with van der Waals surface area (Å²) < 4.78 is 5.92. The first-order chi connectivity index (χ1) is 9.90. The fourth-order valence-corrected chi connectivity index (χ4v) is 3.34. The van der Waals surface area contributed by atoms with Crippen molar-refractivity contribution in [1.82, 2.24) is 0 Å². The van der Waals surface area contributed by atoms with Crippen molar-refractivity contribution >= 4 is 57.1 Å². The lowest BCUT2D eigenvalue weighted by Gasteiger charge is -2.13. The molecule has 0 radical (unpaired) electrons. The molecule has 0 saturated carbocycles. The van der Waals surface area contributed by atoms with Gasteiger partial charge in [-0.05, 0) is 69.4 Å². The van der Waals surface area contributed by atoms with E-state index in [4.69, 9.17) is 9.84 Å². The number of benzene rings is 2. The molecule has 7 heteroatoms. The topological polar surface area (TPSA) is 86.7 Å². The number of hydrogen-bond acceptors (Lipinski definition) is 4. The third-order valence-electron chi connectivity index (χ3n) is 2.55. The van der Waals surface area contributed by atoms with Gasteiger partial charge in [0.2, 0.25) is 0 Å². The zero-order valence-corrected chi connectivity index (χ0v) is 14.6. The molecule has 0 fully saturated rings. The van der Waals surface area contributed by atoms with Gasteiger partial charge in [0, 0.05) is 7.14 Å². The summed E-state index contributed by atoms with van der Waals surface area (Å²) in [6, 6.07) is 8.69. The molecule has 0 aromatic heterocycles. The number of ether oxygens (including phenoxy) is 1. The number of esters is 1. The second kappa shape index (κ2) is 6.60. The van der Waals surface area contributed by atoms with Gasteiger partial charge in [0.25, 0.3) is 0 Å². The number of para-hydroxylation sites is 1. The van der Waals surface area contributed by atoms with Crippen molar-refractivity contribution in [3.8, 4) is 11.5 Å². The minimum Gasteiger partial charge on any atom is -0.871 e. The van der Waals surface area contributed by atoms with Gasteiger partial charge in [-0.25, -0.2) is 9.59 Å². The normalized spacial score (nSPS) is 10.2. The van der Waals surface area contributed by atoms with Gasteiger partial charge in [-0.1, -0.05) is 17.9 Å². The maximum atomic E-state index is 12.1. The molecule has 21 heavy (non-hydrogen) atoms. The molecular formula is C14H7I2O5-. The third-order valence-corrected chi connectivity index (χ3v) is 4.16. The highest BCUT2D eigenvalue weighted by atomic mass is 127. The van der Waals surface area contributed by atoms with Gasteiger partial charge >= 0.3 is 11.9 Å². The van der Waals surface area contributed by atoms with Crippen molar-refractivity contribution in [3.63, 3.8) is 0 Å². The van der Waals surface area contributed by atoms with E-state index in [1.807, 2.05) is 45.2 Å². The highest BCUT2D eigenvalue weighted by Crippen LogP contribution is 2.26. The van der Waals surface area contributed by atoms with Crippen LogP contribution in [0.2, 0.25) is 0 Å². The predicted molar refractivity (Wildman–Crippen MR) is 89.7 cm³/mol. The third kappa shape index (κ3) is 3.64. The van der Waals surface area contributed by atoms with Crippen LogP contribution in [0.5, 0.6) is 11.5 Å². The Morgan fingerprint density at radius 2 is 1.67 bits per heavy atom. The van der Waals surface area contributed by atoms with E-state index in [-0.39, 0.29) is 22.6 Å². The Morgan fingerprint density at radius 1 is 1.10 bits per heavy atom. The summed E-state index contributed by atoms with van der Waals surface area (Å²) in [6.45, 7) is 0. The molecule has 2 aromatic carbocycles. The monoisotopic (exact) mass is 509 g/mol. The second-order valence-electron chi connectivity index (χ2n) is 3.96. The maximum absolute atomic E-state index is 12.1. The van der Waals surface area contributed by atoms with Gasteiger partial charge in [-0.3, -0.25) is 0 Å². The van der Waals surface area contributed by atoms with Crippen LogP contribution in [0.3, 0.4) is 0 Å². The smallest absolute Gasteiger partial charge is 0.343 e. The van der Waals surface area contributed by atoms with Crippen LogP contribution in [0, 0.1) is 7.14 Å². The van der Waals surface area contributed by atoms with Crippen LogP contribution in [0.25, 0.3) is 0 Å². The Morgan fingerprint density at radius 3 is 2.24 bits per heavy atom. The molecule has 0 aliphatic heterocycles. The zero-order chi connectivity index (χ0) is 15.6. The van der Waals surface area contributed by atoms with Crippen LogP contribution >= 0.6 is 45.2 Å². The van der Waals surface area contributed by atoms with Crippen LogP contribution in [-0.2, 0) is 0 Å². The molecule has 0 bridgehead atoms. The van der Waals surface area contributed by atoms with Crippen LogP contribution in [0.15, 0.2) is 36.4 Å². The van der Waals surface area contributed by atoms with Crippen molar-refractivity contribution in [3.05, 3.63) is 54.7 Å². The van der Waals surface area contributed by atoms with E-state index in [0.29, 0.717) is 7.14 Å². The lowest BCUT2D eigenvalue weighted by atomic mass is 10.2. The fraction of sp³-hybridized carbons (Fsp3) is 0. The summed E-state index contributed by atoms with van der Waals surface area (Å²) in [5.74, 6) is -2.08. The Labute approximate surface area is 147 Å². The molecule has 0 amide bonds. The number of carbonyl (C=O) groups excluding carboxylic acids is 1. The molecule has 0 aliphatic rings. The first kappa shape index (κ1) is 16.0. The SMILES string of the molecule is O=C(Oc1ccccc1C(=O)O)c1cc(I)c([O-])c(I)c1. The number of carboxylic acid groups (broad SMARTS) is 1. The fourth-order valence-electron chi connectivity index (χ4n) is 1.57. The first-order valence-electron chi connectivity index (χ1n) is 5.60. The number of hydrogen-bond donors (Lipinski definition) is 1. The molecule has 0 spiro atoms. The van der Waals surface area contributed by atoms with Gasteiger partial charge in [0.1, 0.15) is 11.3 Å². The van der Waals surface area contributed by atoms with Crippen molar-refractivity contribution < 1.29 is 24.5 Å². The van der Waals surface area contributed by atoms with Crippen molar-refractivity contribution in [2.45, 2.75) is 0 Å². The van der Waals surface area contributed by atoms with Gasteiger partial charge in [0.15, 0.2) is 0 Å². The molecule has 2 rings (SSSR count). The summed E-state index contributed by atoms with van der Waals surface area (Å²) in [7, 11) is 0. The average Bonchev–Trinajstić information content (AvgIpc) is 2.44. The van der Waals surface area contributed by atoms with E-state index in [2.05, 4.69) is 0 Å². The van der Waals surface area contributed by atoms with Gasteiger partial charge in [0.05, 0.1) is 5.56 Å². The van der Waals surface area contributed by atoms with Crippen LogP contribution in [-0.4, -0.2) is 17.0 Å². The number of aromatic carboxylic acids is 1. The summed E-state index contributed by atoms with van der Waals surface area (Å²) in [6.07, 6.45) is 0. The van der Waals surface area contributed by atoms with E-state index in [1.54, 1.807) is 12.1 Å². The number of carboxylic acids is 1. The average molecular weight is 509 g/mol. The predicted octanol–water partition coefficient (Wildman–Crippen LogP) is 2.89.